The summed E-state index contributed by atoms with van der Waals surface area (Å²) in [6.45, 7) is 5.99. The van der Waals surface area contributed by atoms with Gasteiger partial charge in [-0.05, 0) is 71.4 Å². The van der Waals surface area contributed by atoms with Crippen LogP contribution in [-0.2, 0) is 6.54 Å². The Kier molecular flexibility index (Phi) is 12.0. The molecule has 12 nitrogen and oxygen atoms in total. The quantitative estimate of drug-likeness (QED) is 0.112. The highest BCUT2D eigenvalue weighted by atomic mass is 16.5. The van der Waals surface area contributed by atoms with Crippen LogP contribution < -0.4 is 29.0 Å². The highest BCUT2D eigenvalue weighted by Crippen LogP contribution is 2.42. The predicted octanol–water partition coefficient (Wildman–Crippen LogP) is 8.78. The van der Waals surface area contributed by atoms with Crippen LogP contribution >= 0.6 is 0 Å². The lowest BCUT2D eigenvalue weighted by Crippen LogP contribution is -2.32. The molecule has 4 aliphatic rings. The van der Waals surface area contributed by atoms with Crippen molar-refractivity contribution < 1.29 is 33.3 Å². The van der Waals surface area contributed by atoms with Gasteiger partial charge in [0.25, 0.3) is 11.8 Å². The van der Waals surface area contributed by atoms with Gasteiger partial charge in [-0.1, -0.05) is 50.2 Å². The smallest absolute Gasteiger partial charge is 0.260 e. The SMILES string of the molecule is COc1ccc(C2=CN3C(=O)c4cc(OC)c(OCCCCCOc5cc6c(cc5OC)C(=O)N5C=C(c7ccc(CNC(C)C)cc7)CC5C=N6)cc4N=CC3C2)cc1. The van der Waals surface area contributed by atoms with E-state index in [1.165, 1.54) is 5.56 Å². The van der Waals surface area contributed by atoms with Gasteiger partial charge in [0.15, 0.2) is 23.0 Å². The molecule has 8 rings (SSSR count). The number of methoxy groups -OCH3 is 3. The van der Waals surface area contributed by atoms with Crippen LogP contribution in [0.4, 0.5) is 11.4 Å². The Balaban J connectivity index is 0.836. The summed E-state index contributed by atoms with van der Waals surface area (Å²) < 4.78 is 29.0. The third-order valence-corrected chi connectivity index (χ3v) is 11.2. The van der Waals surface area contributed by atoms with Gasteiger partial charge >= 0.3 is 0 Å². The van der Waals surface area contributed by atoms with E-state index in [9.17, 15) is 9.59 Å². The molecular weight excluding hydrogens is 759 g/mol. The molecule has 310 valence electrons. The number of rotatable bonds is 16. The van der Waals surface area contributed by atoms with Gasteiger partial charge in [0.05, 0.1) is 69.1 Å². The van der Waals surface area contributed by atoms with Gasteiger partial charge in [-0.25, -0.2) is 0 Å². The number of fused-ring (bicyclic) bond motifs is 4. The summed E-state index contributed by atoms with van der Waals surface area (Å²) in [7, 11) is 4.78. The second kappa shape index (κ2) is 17.8. The van der Waals surface area contributed by atoms with E-state index < -0.39 is 0 Å². The minimum Gasteiger partial charge on any atom is -0.497 e. The minimum absolute atomic E-state index is 0.119. The fourth-order valence-corrected chi connectivity index (χ4v) is 7.85. The molecule has 0 radical (unpaired) electrons. The number of nitrogens with zero attached hydrogens (tertiary/aromatic N) is 4. The van der Waals surface area contributed by atoms with Gasteiger partial charge < -0.3 is 38.8 Å². The summed E-state index contributed by atoms with van der Waals surface area (Å²) in [4.78, 5) is 40.6. The van der Waals surface area contributed by atoms with Crippen LogP contribution in [0.5, 0.6) is 28.7 Å². The number of benzene rings is 4. The largest absolute Gasteiger partial charge is 0.497 e. The molecule has 4 aromatic carbocycles. The molecule has 60 heavy (non-hydrogen) atoms. The maximum atomic E-state index is 13.8. The number of unbranched alkanes of at least 4 members (excludes halogenated alkanes) is 2. The lowest BCUT2D eigenvalue weighted by atomic mass is 10.0. The summed E-state index contributed by atoms with van der Waals surface area (Å²) in [6.07, 6.45) is 11.3. The third kappa shape index (κ3) is 8.51. The first-order valence-corrected chi connectivity index (χ1v) is 20.5. The van der Waals surface area contributed by atoms with E-state index in [4.69, 9.17) is 33.7 Å². The number of nitrogens with one attached hydrogen (secondary N) is 1. The van der Waals surface area contributed by atoms with Gasteiger partial charge in [-0.2, -0.15) is 0 Å². The van der Waals surface area contributed by atoms with Crippen molar-refractivity contribution in [1.29, 1.82) is 0 Å². The van der Waals surface area contributed by atoms with Gasteiger partial charge in [-0.3, -0.25) is 19.6 Å². The number of carbonyl (C=O) groups is 2. The van der Waals surface area contributed by atoms with Gasteiger partial charge in [0.1, 0.15) is 5.75 Å². The molecule has 0 fully saturated rings. The first kappa shape index (κ1) is 40.4. The van der Waals surface area contributed by atoms with Crippen molar-refractivity contribution in [3.63, 3.8) is 0 Å². The average Bonchev–Trinajstić information content (AvgIpc) is 3.85. The standard InChI is InChI=1S/C48H51N5O7/c1-30(2)49-25-31-9-11-32(12-10-31)34-19-36-26-50-41-23-45(43(57-4)21-39(41)47(54)52(36)28-34)59-17-7-6-8-18-60-46-24-42-40(22-44(46)58-5)48(55)53-29-35(20-37(53)27-51-42)33-13-15-38(56-3)16-14-33/h9-16,21-24,26-30,36-37,49H,6-8,17-20,25H2,1-5H3. The summed E-state index contributed by atoms with van der Waals surface area (Å²) >= 11 is 0. The van der Waals surface area contributed by atoms with E-state index in [1.807, 2.05) is 49.1 Å². The van der Waals surface area contributed by atoms with Crippen LogP contribution in [0, 0.1) is 0 Å². The molecule has 4 aromatic rings. The molecule has 2 amide bonds. The molecule has 12 heteroatoms. The number of carbonyl (C=O) groups excluding carboxylic acids is 2. The molecule has 1 N–H and O–H groups in total. The fourth-order valence-electron chi connectivity index (χ4n) is 7.85. The van der Waals surface area contributed by atoms with E-state index in [2.05, 4.69) is 43.4 Å². The number of hydrogen-bond acceptors (Lipinski definition) is 10. The monoisotopic (exact) mass is 809 g/mol. The minimum atomic E-state index is -0.184. The molecule has 2 atom stereocenters. The zero-order valence-electron chi connectivity index (χ0n) is 34.8. The van der Waals surface area contributed by atoms with Crippen molar-refractivity contribution in [3.05, 3.63) is 113 Å². The number of amides is 2. The molecule has 0 saturated heterocycles. The zero-order valence-corrected chi connectivity index (χ0v) is 34.8. The number of aliphatic imine (C=N–C) groups is 2. The van der Waals surface area contributed by atoms with Crippen molar-refractivity contribution in [1.82, 2.24) is 15.1 Å². The van der Waals surface area contributed by atoms with E-state index in [-0.39, 0.29) is 23.9 Å². The Hall–Kier alpha value is -6.40. The van der Waals surface area contributed by atoms with Crippen molar-refractivity contribution in [2.24, 2.45) is 9.98 Å². The van der Waals surface area contributed by atoms with E-state index in [1.54, 1.807) is 55.4 Å². The van der Waals surface area contributed by atoms with E-state index >= 15 is 0 Å². The highest BCUT2D eigenvalue weighted by Gasteiger charge is 2.35. The Morgan fingerprint density at radius 3 is 1.57 bits per heavy atom. The van der Waals surface area contributed by atoms with Crippen LogP contribution in [0.15, 0.2) is 95.2 Å². The van der Waals surface area contributed by atoms with Crippen molar-refractivity contribution in [3.8, 4) is 28.7 Å². The first-order chi connectivity index (χ1) is 29.2. The predicted molar refractivity (Wildman–Crippen MR) is 234 cm³/mol. The summed E-state index contributed by atoms with van der Waals surface area (Å²) in [5, 5.41) is 3.45. The second-order valence-electron chi connectivity index (χ2n) is 15.6. The molecule has 0 aliphatic carbocycles. The van der Waals surface area contributed by atoms with Crippen molar-refractivity contribution >= 4 is 46.8 Å². The summed E-state index contributed by atoms with van der Waals surface area (Å²) in [5.41, 5.74) is 7.58. The molecule has 4 heterocycles. The van der Waals surface area contributed by atoms with Crippen LogP contribution in [0.1, 0.15) is 83.4 Å². The maximum Gasteiger partial charge on any atom is 0.260 e. The lowest BCUT2D eigenvalue weighted by molar-refractivity contribution is 0.0809. The highest BCUT2D eigenvalue weighted by molar-refractivity contribution is 6.06. The lowest BCUT2D eigenvalue weighted by Gasteiger charge is -2.19. The van der Waals surface area contributed by atoms with Gasteiger partial charge in [0.2, 0.25) is 0 Å². The molecule has 2 unspecified atom stereocenters. The van der Waals surface area contributed by atoms with Crippen LogP contribution in [0.2, 0.25) is 0 Å². The maximum absolute atomic E-state index is 13.8. The fraction of sp³-hybridized carbons (Fsp3) is 0.333. The molecular formula is C48H51N5O7. The second-order valence-corrected chi connectivity index (χ2v) is 15.6. The van der Waals surface area contributed by atoms with E-state index in [0.29, 0.717) is 77.6 Å². The van der Waals surface area contributed by atoms with Crippen molar-refractivity contribution in [2.45, 2.75) is 70.6 Å². The summed E-state index contributed by atoms with van der Waals surface area (Å²) in [6, 6.07) is 23.4. The topological polar surface area (TPSA) is 124 Å². The van der Waals surface area contributed by atoms with E-state index in [0.717, 1.165) is 53.8 Å². The Labute approximate surface area is 351 Å². The van der Waals surface area contributed by atoms with Gasteiger partial charge in [0, 0.05) is 62.4 Å². The number of ether oxygens (including phenoxy) is 5. The Morgan fingerprint density at radius 1 is 0.633 bits per heavy atom. The molecule has 4 aliphatic heterocycles. The van der Waals surface area contributed by atoms with Crippen LogP contribution in [0.3, 0.4) is 0 Å². The van der Waals surface area contributed by atoms with Gasteiger partial charge in [-0.15, -0.1) is 0 Å². The van der Waals surface area contributed by atoms with Crippen LogP contribution in [0.25, 0.3) is 11.1 Å². The Bertz CT molecular complexity index is 2370. The Morgan fingerprint density at radius 2 is 1.12 bits per heavy atom. The average molecular weight is 810 g/mol. The zero-order chi connectivity index (χ0) is 41.8. The number of hydrogen-bond donors (Lipinski definition) is 1. The molecule has 0 bridgehead atoms. The normalized spacial score (nSPS) is 17.6. The molecule has 0 saturated carbocycles. The third-order valence-electron chi connectivity index (χ3n) is 11.2. The summed E-state index contributed by atoms with van der Waals surface area (Å²) in [5.74, 6) is 2.57. The molecule has 0 aromatic heterocycles. The molecule has 0 spiro atoms. The van der Waals surface area contributed by atoms with Crippen molar-refractivity contribution in [2.75, 3.05) is 34.5 Å². The van der Waals surface area contributed by atoms with Crippen LogP contribution in [-0.4, -0.2) is 86.7 Å². The first-order valence-electron chi connectivity index (χ1n) is 20.5.